The summed E-state index contributed by atoms with van der Waals surface area (Å²) in [7, 11) is 1.54. The summed E-state index contributed by atoms with van der Waals surface area (Å²) < 4.78 is 16.3. The van der Waals surface area contributed by atoms with Crippen LogP contribution in [0.25, 0.3) is 10.8 Å². The molecular formula is C26H25N3O5. The largest absolute Gasteiger partial charge is 0.495 e. The number of carbonyl (C=O) groups excluding carboxylic acids is 2. The number of methoxy groups -OCH3 is 1. The molecule has 0 saturated heterocycles. The number of rotatable bonds is 7. The molecule has 1 atom stereocenters. The minimum atomic E-state index is -0.904. The summed E-state index contributed by atoms with van der Waals surface area (Å²) in [6.45, 7) is 5.25. The molecule has 4 rings (SSSR count). The second-order valence-corrected chi connectivity index (χ2v) is 7.93. The first kappa shape index (κ1) is 22.8. The van der Waals surface area contributed by atoms with Crippen LogP contribution in [0.2, 0.25) is 0 Å². The van der Waals surface area contributed by atoms with Crippen LogP contribution in [0, 0.1) is 13.8 Å². The van der Waals surface area contributed by atoms with Gasteiger partial charge in [-0.1, -0.05) is 35.5 Å². The first-order valence-electron chi connectivity index (χ1n) is 10.7. The highest BCUT2D eigenvalue weighted by Crippen LogP contribution is 2.30. The molecule has 2 amide bonds. The van der Waals surface area contributed by atoms with E-state index in [-0.39, 0.29) is 11.7 Å². The van der Waals surface area contributed by atoms with Gasteiger partial charge in [0.25, 0.3) is 11.8 Å². The van der Waals surface area contributed by atoms with E-state index in [1.54, 1.807) is 45.2 Å². The molecule has 0 aliphatic carbocycles. The molecule has 2 N–H and O–H groups in total. The third-order valence-electron chi connectivity index (χ3n) is 5.25. The Balaban J connectivity index is 1.64. The van der Waals surface area contributed by atoms with Crippen LogP contribution in [-0.2, 0) is 4.79 Å². The van der Waals surface area contributed by atoms with Crippen LogP contribution < -0.4 is 20.1 Å². The van der Waals surface area contributed by atoms with Crippen LogP contribution in [0.4, 0.5) is 11.5 Å². The van der Waals surface area contributed by atoms with E-state index in [1.165, 1.54) is 0 Å². The maximum absolute atomic E-state index is 13.3. The Morgan fingerprint density at radius 3 is 2.35 bits per heavy atom. The van der Waals surface area contributed by atoms with Crippen LogP contribution in [-0.4, -0.2) is 30.2 Å². The van der Waals surface area contributed by atoms with Crippen LogP contribution in [0.1, 0.15) is 28.6 Å². The fourth-order valence-electron chi connectivity index (χ4n) is 3.50. The quantitative estimate of drug-likeness (QED) is 0.398. The third-order valence-corrected chi connectivity index (χ3v) is 5.25. The Morgan fingerprint density at radius 2 is 1.68 bits per heavy atom. The third kappa shape index (κ3) is 5.01. The maximum Gasteiger partial charge on any atom is 0.266 e. The van der Waals surface area contributed by atoms with Crippen LogP contribution in [0.15, 0.2) is 65.2 Å². The molecule has 8 nitrogen and oxygen atoms in total. The summed E-state index contributed by atoms with van der Waals surface area (Å²) in [5, 5.41) is 11.1. The van der Waals surface area contributed by atoms with Crippen molar-refractivity contribution < 1.29 is 23.6 Å². The molecule has 0 bridgehead atoms. The average molecular weight is 460 g/mol. The molecule has 0 fully saturated rings. The van der Waals surface area contributed by atoms with Gasteiger partial charge in [0.1, 0.15) is 17.3 Å². The van der Waals surface area contributed by atoms with Gasteiger partial charge in [0.15, 0.2) is 11.9 Å². The number of hydrogen-bond donors (Lipinski definition) is 2. The van der Waals surface area contributed by atoms with Crippen molar-refractivity contribution in [3.05, 3.63) is 77.6 Å². The molecule has 0 spiro atoms. The Labute approximate surface area is 196 Å². The van der Waals surface area contributed by atoms with E-state index in [2.05, 4.69) is 15.8 Å². The Bertz CT molecular complexity index is 1360. The number of hydrogen-bond acceptors (Lipinski definition) is 6. The number of fused-ring (bicyclic) bond motifs is 1. The SMILES string of the molecule is COc1ccc(C)cc1NC(=O)c1cc2ccccc2cc1O[C@@H](C)C(=O)Nc1cc(C)on1. The predicted molar refractivity (Wildman–Crippen MR) is 130 cm³/mol. The number of aromatic nitrogens is 1. The van der Waals surface area contributed by atoms with Crippen molar-refractivity contribution in [3.63, 3.8) is 0 Å². The molecule has 4 aromatic rings. The second-order valence-electron chi connectivity index (χ2n) is 7.93. The van der Waals surface area contributed by atoms with Crippen LogP contribution >= 0.6 is 0 Å². The van der Waals surface area contributed by atoms with Crippen molar-refractivity contribution in [3.8, 4) is 11.5 Å². The number of nitrogens with zero attached hydrogens (tertiary/aromatic N) is 1. The zero-order valence-corrected chi connectivity index (χ0v) is 19.3. The topological polar surface area (TPSA) is 103 Å². The van der Waals surface area contributed by atoms with Crippen molar-refractivity contribution in [2.75, 3.05) is 17.7 Å². The maximum atomic E-state index is 13.3. The van der Waals surface area contributed by atoms with Gasteiger partial charge in [-0.05, 0) is 61.4 Å². The smallest absolute Gasteiger partial charge is 0.266 e. The predicted octanol–water partition coefficient (Wildman–Crippen LogP) is 5.11. The summed E-state index contributed by atoms with van der Waals surface area (Å²) in [5.41, 5.74) is 1.80. The number of nitrogens with one attached hydrogen (secondary N) is 2. The summed E-state index contributed by atoms with van der Waals surface area (Å²) >= 11 is 0. The molecule has 34 heavy (non-hydrogen) atoms. The zero-order chi connectivity index (χ0) is 24.2. The highest BCUT2D eigenvalue weighted by atomic mass is 16.5. The van der Waals surface area contributed by atoms with E-state index in [0.29, 0.717) is 28.6 Å². The summed E-state index contributed by atoms with van der Waals surface area (Å²) in [6, 6.07) is 18.2. The number of aryl methyl sites for hydroxylation is 2. The lowest BCUT2D eigenvalue weighted by atomic mass is 10.0. The number of benzene rings is 3. The minimum Gasteiger partial charge on any atom is -0.495 e. The lowest BCUT2D eigenvalue weighted by Crippen LogP contribution is -2.31. The van der Waals surface area contributed by atoms with E-state index >= 15 is 0 Å². The van der Waals surface area contributed by atoms with Crippen molar-refractivity contribution in [2.45, 2.75) is 26.9 Å². The van der Waals surface area contributed by atoms with Gasteiger partial charge in [-0.15, -0.1) is 0 Å². The molecule has 174 valence electrons. The molecular weight excluding hydrogens is 434 g/mol. The van der Waals surface area contributed by atoms with Gasteiger partial charge in [0.2, 0.25) is 0 Å². The fraction of sp³-hybridized carbons (Fsp3) is 0.192. The van der Waals surface area contributed by atoms with Crippen molar-refractivity contribution >= 4 is 34.1 Å². The highest BCUT2D eigenvalue weighted by Gasteiger charge is 2.22. The van der Waals surface area contributed by atoms with Crippen LogP contribution in [0.5, 0.6) is 11.5 Å². The monoisotopic (exact) mass is 459 g/mol. The zero-order valence-electron chi connectivity index (χ0n) is 19.3. The first-order valence-corrected chi connectivity index (χ1v) is 10.7. The molecule has 1 aromatic heterocycles. The lowest BCUT2D eigenvalue weighted by Gasteiger charge is -2.18. The molecule has 1 heterocycles. The number of ether oxygens (including phenoxy) is 2. The van der Waals surface area contributed by atoms with Gasteiger partial charge in [0, 0.05) is 6.07 Å². The number of anilines is 2. The van der Waals surface area contributed by atoms with Crippen molar-refractivity contribution in [1.29, 1.82) is 0 Å². The number of carbonyl (C=O) groups is 2. The Hall–Kier alpha value is -4.33. The molecule has 8 heteroatoms. The minimum absolute atomic E-state index is 0.279. The van der Waals surface area contributed by atoms with Crippen LogP contribution in [0.3, 0.4) is 0 Å². The van der Waals surface area contributed by atoms with E-state index in [4.69, 9.17) is 14.0 Å². The fourth-order valence-corrected chi connectivity index (χ4v) is 3.50. The van der Waals surface area contributed by atoms with E-state index in [9.17, 15) is 9.59 Å². The average Bonchev–Trinajstić information content (AvgIpc) is 3.23. The highest BCUT2D eigenvalue weighted by molar-refractivity contribution is 6.09. The van der Waals surface area contributed by atoms with E-state index in [0.717, 1.165) is 16.3 Å². The molecule has 0 aliphatic heterocycles. The Kier molecular flexibility index (Phi) is 6.49. The normalized spacial score (nSPS) is 11.6. The van der Waals surface area contributed by atoms with E-state index < -0.39 is 12.0 Å². The summed E-state index contributed by atoms with van der Waals surface area (Å²) in [6.07, 6.45) is -0.904. The van der Waals surface area contributed by atoms with Gasteiger partial charge >= 0.3 is 0 Å². The molecule has 0 radical (unpaired) electrons. The van der Waals surface area contributed by atoms with Crippen molar-refractivity contribution in [1.82, 2.24) is 5.16 Å². The molecule has 0 saturated carbocycles. The van der Waals surface area contributed by atoms with Gasteiger partial charge in [-0.2, -0.15) is 0 Å². The van der Waals surface area contributed by atoms with Crippen molar-refractivity contribution in [2.24, 2.45) is 0 Å². The summed E-state index contributed by atoms with van der Waals surface area (Å²) in [4.78, 5) is 26.0. The molecule has 0 unspecified atom stereocenters. The molecule has 0 aliphatic rings. The van der Waals surface area contributed by atoms with Gasteiger partial charge in [0.05, 0.1) is 18.4 Å². The molecule has 3 aromatic carbocycles. The van der Waals surface area contributed by atoms with Gasteiger partial charge in [-0.3, -0.25) is 9.59 Å². The van der Waals surface area contributed by atoms with Gasteiger partial charge in [-0.25, -0.2) is 0 Å². The van der Waals surface area contributed by atoms with E-state index in [1.807, 2.05) is 43.3 Å². The Morgan fingerprint density at radius 1 is 0.941 bits per heavy atom. The first-order chi connectivity index (χ1) is 16.3. The lowest BCUT2D eigenvalue weighted by molar-refractivity contribution is -0.122. The standard InChI is InChI=1S/C26H25N3O5/c1-15-9-10-22(32-4)21(11-15)27-26(31)20-13-18-7-5-6-8-19(18)14-23(20)33-17(3)25(30)28-24-12-16(2)34-29-24/h5-14,17H,1-4H3,(H,27,31)(H,28,29,30)/t17-/m0/s1. The second kappa shape index (κ2) is 9.66. The number of amides is 2. The van der Waals surface area contributed by atoms with Gasteiger partial charge < -0.3 is 24.6 Å². The summed E-state index contributed by atoms with van der Waals surface area (Å²) in [5.74, 6) is 0.877.